The molecule has 2 heterocycles. The molecule has 8 nitrogen and oxygen atoms in total. The van der Waals surface area contributed by atoms with Gasteiger partial charge in [-0.15, -0.1) is 5.10 Å². The second-order valence-corrected chi connectivity index (χ2v) is 12.4. The van der Waals surface area contributed by atoms with Crippen LogP contribution in [0.3, 0.4) is 0 Å². The Balaban J connectivity index is 1.30. The van der Waals surface area contributed by atoms with Crippen LogP contribution in [0.15, 0.2) is 158 Å². The number of hydrogen-bond donors (Lipinski definition) is 1. The van der Waals surface area contributed by atoms with Crippen LogP contribution in [0.5, 0.6) is 0 Å². The number of tetrazole rings is 1. The highest BCUT2D eigenvalue weighted by Gasteiger charge is 2.42. The minimum atomic E-state index is -0.961. The maximum Gasteiger partial charge on any atom is 0.335 e. The molecule has 51 heavy (non-hydrogen) atoms. The van der Waals surface area contributed by atoms with Crippen molar-refractivity contribution >= 4 is 11.8 Å². The minimum Gasteiger partial charge on any atom is -0.478 e. The van der Waals surface area contributed by atoms with E-state index < -0.39 is 11.5 Å². The van der Waals surface area contributed by atoms with Gasteiger partial charge >= 0.3 is 5.97 Å². The lowest BCUT2D eigenvalue weighted by atomic mass is 9.77. The molecule has 252 valence electrons. The van der Waals surface area contributed by atoms with E-state index >= 15 is 0 Å². The van der Waals surface area contributed by atoms with Gasteiger partial charge in [0, 0.05) is 24.8 Å². The van der Waals surface area contributed by atoms with Crippen molar-refractivity contribution in [3.05, 3.63) is 186 Å². The molecular formula is C43H38N6O2. The molecule has 0 aliphatic heterocycles. The van der Waals surface area contributed by atoms with Crippen molar-refractivity contribution in [1.29, 1.82) is 0 Å². The summed E-state index contributed by atoms with van der Waals surface area (Å²) < 4.78 is 1.96. The third-order valence-electron chi connectivity index (χ3n) is 9.27. The second kappa shape index (κ2) is 15.0. The Morgan fingerprint density at radius 3 is 1.86 bits per heavy atom. The molecule has 0 aliphatic carbocycles. The molecule has 2 aromatic heterocycles. The van der Waals surface area contributed by atoms with Gasteiger partial charge in [-0.2, -0.15) is 0 Å². The number of unbranched alkanes of at least 4 members (excludes halogenated alkanes) is 1. The lowest BCUT2D eigenvalue weighted by Crippen LogP contribution is -2.39. The van der Waals surface area contributed by atoms with Crippen molar-refractivity contribution in [1.82, 2.24) is 25.2 Å². The van der Waals surface area contributed by atoms with E-state index in [2.05, 4.69) is 131 Å². The number of hydrogen-bond acceptors (Lipinski definition) is 6. The van der Waals surface area contributed by atoms with Gasteiger partial charge in [-0.25, -0.2) is 14.5 Å². The molecule has 0 fully saturated rings. The smallest absolute Gasteiger partial charge is 0.335 e. The largest absolute Gasteiger partial charge is 0.478 e. The van der Waals surface area contributed by atoms with Crippen molar-refractivity contribution in [2.24, 2.45) is 0 Å². The number of carboxylic acids is 1. The molecule has 0 atom stereocenters. The van der Waals surface area contributed by atoms with Crippen molar-refractivity contribution in [3.63, 3.8) is 0 Å². The van der Waals surface area contributed by atoms with E-state index in [1.54, 1.807) is 12.3 Å². The number of aromatic carboxylic acids is 1. The number of carboxylic acid groups (broad SMARTS) is 1. The lowest BCUT2D eigenvalue weighted by Gasteiger charge is -2.36. The SMILES string of the molecule is CCCCN(Cc1ccc(-c2ccccc2-c2nnnn2C(c2ccccc2)(c2ccccc2)c2ccccc2)cc1)c1cc(C(=O)O)ccn1. The van der Waals surface area contributed by atoms with Gasteiger partial charge in [0.05, 0.1) is 5.56 Å². The first-order chi connectivity index (χ1) is 25.1. The number of benzene rings is 5. The van der Waals surface area contributed by atoms with Gasteiger partial charge in [-0.05, 0) is 62.4 Å². The number of aromatic nitrogens is 5. The maximum absolute atomic E-state index is 11.7. The maximum atomic E-state index is 11.7. The van der Waals surface area contributed by atoms with Crippen molar-refractivity contribution in [2.75, 3.05) is 11.4 Å². The van der Waals surface area contributed by atoms with E-state index in [1.165, 1.54) is 6.07 Å². The average Bonchev–Trinajstić information content (AvgIpc) is 3.68. The van der Waals surface area contributed by atoms with Crippen LogP contribution in [0.4, 0.5) is 5.82 Å². The van der Waals surface area contributed by atoms with E-state index in [0.717, 1.165) is 58.3 Å². The predicted molar refractivity (Wildman–Crippen MR) is 200 cm³/mol. The topological polar surface area (TPSA) is 97.0 Å². The lowest BCUT2D eigenvalue weighted by molar-refractivity contribution is 0.0696. The highest BCUT2D eigenvalue weighted by atomic mass is 16.4. The summed E-state index contributed by atoms with van der Waals surface area (Å²) >= 11 is 0. The van der Waals surface area contributed by atoms with Crippen LogP contribution in [-0.2, 0) is 12.1 Å². The summed E-state index contributed by atoms with van der Waals surface area (Å²) in [5, 5.41) is 23.3. The molecule has 0 unspecified atom stereocenters. The Morgan fingerprint density at radius 1 is 0.725 bits per heavy atom. The fourth-order valence-corrected chi connectivity index (χ4v) is 6.77. The molecule has 0 saturated carbocycles. The van der Waals surface area contributed by atoms with Crippen molar-refractivity contribution in [3.8, 4) is 22.5 Å². The summed E-state index contributed by atoms with van der Waals surface area (Å²) in [7, 11) is 0. The molecule has 0 radical (unpaired) electrons. The van der Waals surface area contributed by atoms with Crippen LogP contribution >= 0.6 is 0 Å². The third-order valence-corrected chi connectivity index (χ3v) is 9.27. The van der Waals surface area contributed by atoms with Crippen LogP contribution in [0.25, 0.3) is 22.5 Å². The fourth-order valence-electron chi connectivity index (χ4n) is 6.77. The summed E-state index contributed by atoms with van der Waals surface area (Å²) in [6.45, 7) is 3.52. The number of pyridine rings is 1. The van der Waals surface area contributed by atoms with Crippen LogP contribution in [0.1, 0.15) is 52.4 Å². The van der Waals surface area contributed by atoms with Gasteiger partial charge in [0.1, 0.15) is 11.4 Å². The normalized spacial score (nSPS) is 11.3. The molecule has 0 amide bonds. The zero-order valence-electron chi connectivity index (χ0n) is 28.4. The van der Waals surface area contributed by atoms with Gasteiger partial charge in [0.15, 0.2) is 5.82 Å². The number of anilines is 1. The van der Waals surface area contributed by atoms with Crippen molar-refractivity contribution < 1.29 is 9.90 Å². The summed E-state index contributed by atoms with van der Waals surface area (Å²) in [4.78, 5) is 18.3. The Labute approximate surface area is 297 Å². The number of carbonyl (C=O) groups is 1. The Kier molecular flexibility index (Phi) is 9.74. The van der Waals surface area contributed by atoms with Crippen molar-refractivity contribution in [2.45, 2.75) is 31.8 Å². The van der Waals surface area contributed by atoms with E-state index in [-0.39, 0.29) is 5.56 Å². The van der Waals surface area contributed by atoms with Crippen LogP contribution in [-0.4, -0.2) is 42.8 Å². The molecule has 7 rings (SSSR count). The van der Waals surface area contributed by atoms with E-state index in [0.29, 0.717) is 18.2 Å². The Hall–Kier alpha value is -6.41. The first-order valence-corrected chi connectivity index (χ1v) is 17.2. The van der Waals surface area contributed by atoms with Crippen LogP contribution in [0.2, 0.25) is 0 Å². The monoisotopic (exact) mass is 670 g/mol. The van der Waals surface area contributed by atoms with Crippen LogP contribution < -0.4 is 4.90 Å². The van der Waals surface area contributed by atoms with Gasteiger partial charge in [-0.1, -0.05) is 153 Å². The Morgan fingerprint density at radius 2 is 1.29 bits per heavy atom. The standard InChI is InChI=1S/C43H38N6O2/c1-2-3-29-48(40-30-34(42(50)51)27-28-44-40)31-32-23-25-33(26-24-32)38-21-13-14-22-39(38)41-45-46-47-49(41)43(35-15-7-4-8-16-35,36-17-9-5-10-18-36)37-19-11-6-12-20-37/h4-28,30H,2-3,29,31H2,1H3,(H,50,51). The zero-order valence-corrected chi connectivity index (χ0v) is 28.4. The summed E-state index contributed by atoms with van der Waals surface area (Å²) in [6, 6.07) is 51.1. The summed E-state index contributed by atoms with van der Waals surface area (Å²) in [6.07, 6.45) is 3.55. The van der Waals surface area contributed by atoms with E-state index in [4.69, 9.17) is 10.3 Å². The molecule has 7 aromatic rings. The molecule has 0 saturated heterocycles. The molecule has 8 heteroatoms. The highest BCUT2D eigenvalue weighted by molar-refractivity contribution is 5.88. The predicted octanol–water partition coefficient (Wildman–Crippen LogP) is 8.75. The molecule has 0 bridgehead atoms. The second-order valence-electron chi connectivity index (χ2n) is 12.4. The number of rotatable bonds is 13. The molecule has 5 aromatic carbocycles. The molecule has 1 N–H and O–H groups in total. The van der Waals surface area contributed by atoms with Gasteiger partial charge in [-0.3, -0.25) is 0 Å². The summed E-state index contributed by atoms with van der Waals surface area (Å²) in [5.41, 5.74) is 6.50. The van der Waals surface area contributed by atoms with Gasteiger partial charge < -0.3 is 10.0 Å². The average molecular weight is 671 g/mol. The quantitative estimate of drug-likeness (QED) is 0.123. The molecule has 0 spiro atoms. The summed E-state index contributed by atoms with van der Waals surface area (Å²) in [5.74, 6) is 0.335. The van der Waals surface area contributed by atoms with Crippen LogP contribution in [0, 0.1) is 0 Å². The Bertz CT molecular complexity index is 2110. The van der Waals surface area contributed by atoms with Gasteiger partial charge in [0.25, 0.3) is 0 Å². The van der Waals surface area contributed by atoms with E-state index in [9.17, 15) is 9.90 Å². The first kappa shape index (κ1) is 33.1. The first-order valence-electron chi connectivity index (χ1n) is 17.2. The molecule has 0 aliphatic rings. The van der Waals surface area contributed by atoms with E-state index in [1.807, 2.05) is 35.0 Å². The highest BCUT2D eigenvalue weighted by Crippen LogP contribution is 2.43. The molecular weight excluding hydrogens is 633 g/mol. The minimum absolute atomic E-state index is 0.228. The van der Waals surface area contributed by atoms with Gasteiger partial charge in [0.2, 0.25) is 0 Å². The number of nitrogens with zero attached hydrogens (tertiary/aromatic N) is 6. The zero-order chi connectivity index (χ0) is 35.0. The third kappa shape index (κ3) is 6.64. The fraction of sp³-hybridized carbons (Fsp3) is 0.140.